The zero-order valence-electron chi connectivity index (χ0n) is 10.3. The molecule has 0 spiro atoms. The Kier molecular flexibility index (Phi) is 4.41. The molecule has 1 atom stereocenters. The van der Waals surface area contributed by atoms with E-state index in [1.54, 1.807) is 0 Å². The minimum Gasteiger partial charge on any atom is -0.475 e. The van der Waals surface area contributed by atoms with Crippen LogP contribution in [0.5, 0.6) is 0 Å². The second kappa shape index (κ2) is 5.81. The number of imide groups is 1. The molecular weight excluding hydrogens is 258 g/mol. The Morgan fingerprint density at radius 3 is 2.53 bits per heavy atom. The lowest BCUT2D eigenvalue weighted by Crippen LogP contribution is -2.34. The minimum atomic E-state index is -1.06. The molecule has 1 heterocycles. The third kappa shape index (κ3) is 2.79. The molecule has 1 aliphatic heterocycles. The third-order valence-electron chi connectivity index (χ3n) is 2.60. The molecule has 0 aromatic carbocycles. The fourth-order valence-corrected chi connectivity index (χ4v) is 1.63. The molecule has 1 rings (SSSR count). The standard InChI is InChI=1S/C10H11N3O6/c1-18-9(16)5-3-6(14)13(4-5)8(15)7(12-11)10(17)19-2/h5H,3-4H2,1-2H3/p+1. The van der Waals surface area contributed by atoms with Crippen molar-refractivity contribution < 1.29 is 29.0 Å². The van der Waals surface area contributed by atoms with E-state index in [9.17, 15) is 19.5 Å². The van der Waals surface area contributed by atoms with Crippen LogP contribution in [-0.2, 0) is 23.9 Å². The number of ether oxygens (including phenoxy) is 2. The highest BCUT2D eigenvalue weighted by Gasteiger charge is 2.45. The van der Waals surface area contributed by atoms with E-state index in [2.05, 4.69) is 14.4 Å². The number of hydrogen-bond acceptors (Lipinski definition) is 7. The van der Waals surface area contributed by atoms with Gasteiger partial charge in [0.2, 0.25) is 11.3 Å². The van der Waals surface area contributed by atoms with Gasteiger partial charge >= 0.3 is 23.5 Å². The van der Waals surface area contributed by atoms with Crippen LogP contribution in [0.15, 0.2) is 11.6 Å². The van der Waals surface area contributed by atoms with Crippen LogP contribution in [0.3, 0.4) is 0 Å². The summed E-state index contributed by atoms with van der Waals surface area (Å²) >= 11 is 0. The number of nitrogens with zero attached hydrogens (tertiary/aromatic N) is 3. The predicted octanol–water partition coefficient (Wildman–Crippen LogP) is -0.239. The van der Waals surface area contributed by atoms with Crippen LogP contribution in [0.1, 0.15) is 6.42 Å². The van der Waals surface area contributed by atoms with E-state index in [0.29, 0.717) is 4.90 Å². The lowest BCUT2D eigenvalue weighted by atomic mass is 10.1. The maximum Gasteiger partial charge on any atom is 0.527 e. The highest BCUT2D eigenvalue weighted by molar-refractivity contribution is 6.07. The highest BCUT2D eigenvalue weighted by Crippen LogP contribution is 2.22. The van der Waals surface area contributed by atoms with Gasteiger partial charge in [-0.2, -0.15) is 0 Å². The van der Waals surface area contributed by atoms with E-state index in [1.807, 2.05) is 0 Å². The number of carbonyl (C=O) groups excluding carboxylic acids is 3. The summed E-state index contributed by atoms with van der Waals surface area (Å²) < 4.78 is 8.82. The van der Waals surface area contributed by atoms with Crippen LogP contribution < -0.4 is 0 Å². The zero-order valence-corrected chi connectivity index (χ0v) is 10.3. The van der Waals surface area contributed by atoms with Gasteiger partial charge in [-0.05, 0) is 0 Å². The number of likely N-dealkylation sites (tertiary alicyclic amines) is 1. The molecule has 1 unspecified atom stereocenters. The SMILES string of the molecule is COC(=O)C1CC(=O)N(C(=O)/C([N+]#N)=C(\O)OC)C1. The molecule has 2 amide bonds. The van der Waals surface area contributed by atoms with Crippen LogP contribution in [-0.4, -0.2) is 48.6 Å². The number of hydrogen-bond donors (Lipinski definition) is 1. The molecule has 1 N–H and O–H groups in total. The number of carbonyl (C=O) groups is 3. The summed E-state index contributed by atoms with van der Waals surface area (Å²) in [5.74, 6) is -4.01. The molecule has 19 heavy (non-hydrogen) atoms. The molecule has 0 bridgehead atoms. The number of amides is 2. The molecular formula is C10H12N3O6+. The van der Waals surface area contributed by atoms with Crippen LogP contribution in [0, 0.1) is 11.3 Å². The van der Waals surface area contributed by atoms with E-state index >= 15 is 0 Å². The van der Waals surface area contributed by atoms with Crippen molar-refractivity contribution >= 4 is 17.8 Å². The quantitative estimate of drug-likeness (QED) is 0.325. The molecule has 1 aliphatic rings. The summed E-state index contributed by atoms with van der Waals surface area (Å²) in [5.41, 5.74) is -0.818. The summed E-state index contributed by atoms with van der Waals surface area (Å²) in [5, 5.41) is 17.9. The summed E-state index contributed by atoms with van der Waals surface area (Å²) in [7, 11) is 2.22. The number of diazo groups is 1. The van der Waals surface area contributed by atoms with Crippen molar-refractivity contribution in [1.29, 1.82) is 5.39 Å². The summed E-state index contributed by atoms with van der Waals surface area (Å²) in [6.45, 7) is -0.208. The molecule has 0 radical (unpaired) electrons. The van der Waals surface area contributed by atoms with Gasteiger partial charge in [-0.3, -0.25) is 19.3 Å². The van der Waals surface area contributed by atoms with Gasteiger partial charge in [-0.1, -0.05) is 0 Å². The number of methoxy groups -OCH3 is 2. The molecule has 1 fully saturated rings. The Balaban J connectivity index is 2.94. The zero-order chi connectivity index (χ0) is 14.6. The van der Waals surface area contributed by atoms with Gasteiger partial charge in [0.05, 0.1) is 20.1 Å². The first-order chi connectivity index (χ1) is 8.96. The Labute approximate surface area is 108 Å². The lowest BCUT2D eigenvalue weighted by molar-refractivity contribution is -0.145. The summed E-state index contributed by atoms with van der Waals surface area (Å²) in [4.78, 5) is 38.0. The summed E-state index contributed by atoms with van der Waals surface area (Å²) in [6.07, 6.45) is -0.190. The van der Waals surface area contributed by atoms with Gasteiger partial charge in [0.25, 0.3) is 0 Å². The molecule has 0 aliphatic carbocycles. The third-order valence-corrected chi connectivity index (χ3v) is 2.60. The highest BCUT2D eigenvalue weighted by atomic mass is 16.6. The van der Waals surface area contributed by atoms with Crippen LogP contribution in [0.2, 0.25) is 0 Å². The van der Waals surface area contributed by atoms with Gasteiger partial charge in [-0.25, -0.2) is 0 Å². The van der Waals surface area contributed by atoms with Crippen molar-refractivity contribution in [2.75, 3.05) is 20.8 Å². The van der Waals surface area contributed by atoms with Crippen LogP contribution >= 0.6 is 0 Å². The first-order valence-corrected chi connectivity index (χ1v) is 5.21. The lowest BCUT2D eigenvalue weighted by Gasteiger charge is -2.09. The molecule has 0 aromatic rings. The Morgan fingerprint density at radius 1 is 1.42 bits per heavy atom. The second-order valence-corrected chi connectivity index (χ2v) is 3.69. The molecule has 0 aromatic heterocycles. The normalized spacial score (nSPS) is 19.5. The van der Waals surface area contributed by atoms with Crippen molar-refractivity contribution in [3.63, 3.8) is 0 Å². The van der Waals surface area contributed by atoms with Crippen molar-refractivity contribution in [2.45, 2.75) is 6.42 Å². The van der Waals surface area contributed by atoms with Crippen LogP contribution in [0.4, 0.5) is 0 Å². The number of aliphatic hydroxyl groups is 1. The monoisotopic (exact) mass is 270 g/mol. The fraction of sp³-hybridized carbons (Fsp3) is 0.500. The largest absolute Gasteiger partial charge is 0.527 e. The van der Waals surface area contributed by atoms with Crippen LogP contribution in [0.25, 0.3) is 4.98 Å². The molecule has 102 valence electrons. The van der Waals surface area contributed by atoms with E-state index < -0.39 is 35.3 Å². The van der Waals surface area contributed by atoms with E-state index in [4.69, 9.17) is 5.39 Å². The van der Waals surface area contributed by atoms with E-state index in [1.165, 1.54) is 7.11 Å². The molecule has 9 nitrogen and oxygen atoms in total. The predicted molar refractivity (Wildman–Crippen MR) is 58.6 cm³/mol. The Morgan fingerprint density at radius 2 is 2.05 bits per heavy atom. The molecule has 1 saturated heterocycles. The average Bonchev–Trinajstić information content (AvgIpc) is 2.80. The average molecular weight is 270 g/mol. The molecule has 9 heteroatoms. The van der Waals surface area contributed by atoms with Crippen molar-refractivity contribution in [3.05, 3.63) is 16.6 Å². The van der Waals surface area contributed by atoms with Gasteiger partial charge < -0.3 is 14.6 Å². The number of aliphatic hydroxyl groups excluding tert-OH is 1. The maximum absolute atomic E-state index is 11.8. The maximum atomic E-state index is 11.8. The number of rotatable bonds is 3. The first kappa shape index (κ1) is 14.4. The Hall–Kier alpha value is -2.63. The topological polar surface area (TPSA) is 121 Å². The van der Waals surface area contributed by atoms with Crippen molar-refractivity contribution in [1.82, 2.24) is 4.90 Å². The second-order valence-electron chi connectivity index (χ2n) is 3.69. The van der Waals surface area contributed by atoms with Gasteiger partial charge in [0.1, 0.15) is 0 Å². The Bertz CT molecular complexity index is 492. The van der Waals surface area contributed by atoms with E-state index in [0.717, 1.165) is 7.11 Å². The van der Waals surface area contributed by atoms with Gasteiger partial charge in [0, 0.05) is 13.0 Å². The van der Waals surface area contributed by atoms with Crippen molar-refractivity contribution in [3.8, 4) is 0 Å². The molecule has 0 saturated carbocycles. The number of esters is 1. The van der Waals surface area contributed by atoms with Crippen molar-refractivity contribution in [2.24, 2.45) is 5.92 Å². The van der Waals surface area contributed by atoms with Gasteiger partial charge in [-0.15, -0.1) is 0 Å². The minimum absolute atomic E-state index is 0.190. The van der Waals surface area contributed by atoms with Gasteiger partial charge in [0.15, 0.2) is 4.98 Å². The first-order valence-electron chi connectivity index (χ1n) is 5.21. The fourth-order valence-electron chi connectivity index (χ4n) is 1.63. The smallest absolute Gasteiger partial charge is 0.475 e. The van der Waals surface area contributed by atoms with E-state index in [-0.39, 0.29) is 13.0 Å². The summed E-state index contributed by atoms with van der Waals surface area (Å²) in [6, 6.07) is 0.